The van der Waals surface area contributed by atoms with E-state index in [1.165, 1.54) is 25.3 Å². The summed E-state index contributed by atoms with van der Waals surface area (Å²) in [4.78, 5) is 7.23. The molecule has 1 aromatic carbocycles. The van der Waals surface area contributed by atoms with E-state index >= 15 is 0 Å². The van der Waals surface area contributed by atoms with Crippen molar-refractivity contribution in [2.75, 3.05) is 11.8 Å². The van der Waals surface area contributed by atoms with Crippen molar-refractivity contribution in [1.29, 1.82) is 0 Å². The average Bonchev–Trinajstić information content (AvgIpc) is 2.40. The molecule has 0 radical (unpaired) electrons. The lowest BCUT2D eigenvalue weighted by molar-refractivity contribution is 0.397. The summed E-state index contributed by atoms with van der Waals surface area (Å²) < 4.78 is 44.8. The zero-order valence-electron chi connectivity index (χ0n) is 10.5. The van der Waals surface area contributed by atoms with Gasteiger partial charge >= 0.3 is 0 Å². The second-order valence-electron chi connectivity index (χ2n) is 3.74. The second kappa shape index (κ2) is 6.12. The first-order valence-electron chi connectivity index (χ1n) is 5.38. The summed E-state index contributed by atoms with van der Waals surface area (Å²) in [6.45, 7) is 0. The van der Waals surface area contributed by atoms with Crippen molar-refractivity contribution in [3.63, 3.8) is 0 Å². The van der Waals surface area contributed by atoms with Crippen LogP contribution in [0, 0.1) is 5.82 Å². The van der Waals surface area contributed by atoms with Gasteiger partial charge in [-0.25, -0.2) is 22.5 Å². The zero-order valence-corrected chi connectivity index (χ0v) is 13.6. The highest BCUT2D eigenvalue weighted by Gasteiger charge is 2.18. The molecular formula is C11H8BrClFN3O3S. The SMILES string of the molecule is COc1cc(Cl)nc(NS(=O)(=O)c2ccc(Br)c(F)c2)n1. The van der Waals surface area contributed by atoms with Gasteiger partial charge in [0.15, 0.2) is 0 Å². The highest BCUT2D eigenvalue weighted by atomic mass is 79.9. The molecule has 0 unspecified atom stereocenters. The quantitative estimate of drug-likeness (QED) is 0.804. The molecule has 10 heteroatoms. The number of nitrogens with zero attached hydrogens (tertiary/aromatic N) is 2. The molecule has 1 heterocycles. The lowest BCUT2D eigenvalue weighted by atomic mass is 10.3. The van der Waals surface area contributed by atoms with Crippen molar-refractivity contribution in [3.05, 3.63) is 39.7 Å². The summed E-state index contributed by atoms with van der Waals surface area (Å²) in [5.41, 5.74) is 0. The fourth-order valence-corrected chi connectivity index (χ4v) is 2.75. The summed E-state index contributed by atoms with van der Waals surface area (Å²) in [6.07, 6.45) is 0. The van der Waals surface area contributed by atoms with Crippen molar-refractivity contribution in [2.24, 2.45) is 0 Å². The fourth-order valence-electron chi connectivity index (χ4n) is 1.37. The number of sulfonamides is 1. The molecule has 0 aliphatic heterocycles. The van der Waals surface area contributed by atoms with Crippen molar-refractivity contribution in [3.8, 4) is 5.88 Å². The summed E-state index contributed by atoms with van der Waals surface area (Å²) in [7, 11) is -2.70. The van der Waals surface area contributed by atoms with Crippen LogP contribution in [0.5, 0.6) is 5.88 Å². The molecule has 0 aliphatic rings. The first-order valence-corrected chi connectivity index (χ1v) is 8.03. The van der Waals surface area contributed by atoms with Gasteiger partial charge in [0.2, 0.25) is 11.8 Å². The number of anilines is 1. The Kier molecular flexibility index (Phi) is 4.64. The molecule has 6 nitrogen and oxygen atoms in total. The number of aromatic nitrogens is 2. The number of rotatable bonds is 4. The molecule has 0 saturated carbocycles. The van der Waals surface area contributed by atoms with Gasteiger partial charge in [-0.05, 0) is 34.1 Å². The zero-order chi connectivity index (χ0) is 15.6. The van der Waals surface area contributed by atoms with Crippen LogP contribution in [0.2, 0.25) is 5.15 Å². The van der Waals surface area contributed by atoms with Crippen LogP contribution in [0.25, 0.3) is 0 Å². The highest BCUT2D eigenvalue weighted by molar-refractivity contribution is 9.10. The van der Waals surface area contributed by atoms with Crippen molar-refractivity contribution in [2.45, 2.75) is 4.90 Å². The maximum atomic E-state index is 13.4. The monoisotopic (exact) mass is 395 g/mol. The number of halogens is 3. The Morgan fingerprint density at radius 2 is 2.05 bits per heavy atom. The first-order chi connectivity index (χ1) is 9.81. The maximum absolute atomic E-state index is 13.4. The number of benzene rings is 1. The molecule has 0 amide bonds. The fraction of sp³-hybridized carbons (Fsp3) is 0.0909. The molecule has 2 aromatic rings. The van der Waals surface area contributed by atoms with Gasteiger partial charge in [-0.3, -0.25) is 0 Å². The normalized spacial score (nSPS) is 11.2. The third kappa shape index (κ3) is 3.80. The van der Waals surface area contributed by atoms with Gasteiger partial charge in [0, 0.05) is 6.07 Å². The molecule has 0 atom stereocenters. The van der Waals surface area contributed by atoms with Crippen LogP contribution in [0.15, 0.2) is 33.6 Å². The Hall–Kier alpha value is -1.45. The highest BCUT2D eigenvalue weighted by Crippen LogP contribution is 2.22. The molecular weight excluding hydrogens is 389 g/mol. The predicted molar refractivity (Wildman–Crippen MR) is 78.5 cm³/mol. The molecule has 0 aliphatic carbocycles. The molecule has 0 saturated heterocycles. The Labute approximate surface area is 133 Å². The third-order valence-electron chi connectivity index (χ3n) is 2.31. The Bertz CT molecular complexity index is 788. The van der Waals surface area contributed by atoms with Gasteiger partial charge in [-0.1, -0.05) is 11.6 Å². The largest absolute Gasteiger partial charge is 0.481 e. The molecule has 0 bridgehead atoms. The summed E-state index contributed by atoms with van der Waals surface area (Å²) in [5, 5.41) is 0.00142. The van der Waals surface area contributed by atoms with Crippen LogP contribution in [-0.4, -0.2) is 25.5 Å². The van der Waals surface area contributed by atoms with Crippen molar-refractivity contribution < 1.29 is 17.5 Å². The van der Waals surface area contributed by atoms with E-state index in [1.54, 1.807) is 0 Å². The number of hydrogen-bond donors (Lipinski definition) is 1. The van der Waals surface area contributed by atoms with E-state index < -0.39 is 15.8 Å². The summed E-state index contributed by atoms with van der Waals surface area (Å²) in [6, 6.07) is 4.70. The molecule has 1 N–H and O–H groups in total. The number of methoxy groups -OCH3 is 1. The Balaban J connectivity index is 2.37. The van der Waals surface area contributed by atoms with Gasteiger partial charge in [-0.15, -0.1) is 0 Å². The topological polar surface area (TPSA) is 81.2 Å². The molecule has 0 fully saturated rings. The molecule has 112 valence electrons. The van der Waals surface area contributed by atoms with E-state index in [2.05, 4.69) is 30.6 Å². The summed E-state index contributed by atoms with van der Waals surface area (Å²) in [5.74, 6) is -0.889. The summed E-state index contributed by atoms with van der Waals surface area (Å²) >= 11 is 8.66. The minimum Gasteiger partial charge on any atom is -0.481 e. The minimum atomic E-state index is -4.04. The molecule has 1 aromatic heterocycles. The van der Waals surface area contributed by atoms with Gasteiger partial charge < -0.3 is 4.74 Å². The molecule has 0 spiro atoms. The Morgan fingerprint density at radius 3 is 2.67 bits per heavy atom. The number of ether oxygens (including phenoxy) is 1. The number of nitrogens with one attached hydrogen (secondary N) is 1. The van der Waals surface area contributed by atoms with E-state index in [0.29, 0.717) is 0 Å². The molecule has 2 rings (SSSR count). The van der Waals surface area contributed by atoms with E-state index in [-0.39, 0.29) is 26.3 Å². The minimum absolute atomic E-state index is 0.00142. The van der Waals surface area contributed by atoms with Crippen LogP contribution in [-0.2, 0) is 10.0 Å². The average molecular weight is 397 g/mol. The molecule has 21 heavy (non-hydrogen) atoms. The van der Waals surface area contributed by atoms with Crippen LogP contribution < -0.4 is 9.46 Å². The van der Waals surface area contributed by atoms with E-state index in [1.807, 2.05) is 0 Å². The lowest BCUT2D eigenvalue weighted by Crippen LogP contribution is -2.15. The van der Waals surface area contributed by atoms with E-state index in [4.69, 9.17) is 16.3 Å². The van der Waals surface area contributed by atoms with Crippen LogP contribution in [0.3, 0.4) is 0 Å². The third-order valence-corrected chi connectivity index (χ3v) is 4.47. The van der Waals surface area contributed by atoms with Crippen LogP contribution >= 0.6 is 27.5 Å². The van der Waals surface area contributed by atoms with E-state index in [9.17, 15) is 12.8 Å². The Morgan fingerprint density at radius 1 is 1.33 bits per heavy atom. The lowest BCUT2D eigenvalue weighted by Gasteiger charge is -2.08. The van der Waals surface area contributed by atoms with Gasteiger partial charge in [0.05, 0.1) is 16.5 Å². The van der Waals surface area contributed by atoms with E-state index in [0.717, 1.165) is 6.07 Å². The van der Waals surface area contributed by atoms with Crippen molar-refractivity contribution >= 4 is 43.5 Å². The van der Waals surface area contributed by atoms with Gasteiger partial charge in [-0.2, -0.15) is 4.98 Å². The van der Waals surface area contributed by atoms with Crippen molar-refractivity contribution in [1.82, 2.24) is 9.97 Å². The second-order valence-corrected chi connectivity index (χ2v) is 6.66. The maximum Gasteiger partial charge on any atom is 0.264 e. The first kappa shape index (κ1) is 15.9. The van der Waals surface area contributed by atoms with Crippen LogP contribution in [0.1, 0.15) is 0 Å². The van der Waals surface area contributed by atoms with Crippen LogP contribution in [0.4, 0.5) is 10.3 Å². The smallest absolute Gasteiger partial charge is 0.264 e. The van der Waals surface area contributed by atoms with Gasteiger partial charge in [0.1, 0.15) is 11.0 Å². The van der Waals surface area contributed by atoms with Gasteiger partial charge in [0.25, 0.3) is 10.0 Å². The number of hydrogen-bond acceptors (Lipinski definition) is 5. The predicted octanol–water partition coefficient (Wildman–Crippen LogP) is 2.84. The standard InChI is InChI=1S/C11H8BrClFN3O3S/c1-20-10-5-9(13)15-11(16-10)17-21(18,19)6-2-3-7(12)8(14)4-6/h2-5H,1H3,(H,15,16,17).